The summed E-state index contributed by atoms with van der Waals surface area (Å²) < 4.78 is 17.3. The van der Waals surface area contributed by atoms with Crippen LogP contribution in [-0.2, 0) is 22.6 Å². The van der Waals surface area contributed by atoms with E-state index in [1.54, 1.807) is 24.3 Å². The van der Waals surface area contributed by atoms with E-state index in [1.807, 2.05) is 6.92 Å². The Morgan fingerprint density at radius 2 is 1.97 bits per heavy atom. The number of aromatic nitrogens is 1. The number of nitrogens with one attached hydrogen (secondary N) is 1. The Balaban J connectivity index is 2.52. The fourth-order valence-electron chi connectivity index (χ4n) is 2.94. The van der Waals surface area contributed by atoms with Crippen molar-refractivity contribution in [1.29, 1.82) is 0 Å². The van der Waals surface area contributed by atoms with E-state index >= 15 is 0 Å². The van der Waals surface area contributed by atoms with Crippen molar-refractivity contribution in [2.45, 2.75) is 39.1 Å². The van der Waals surface area contributed by atoms with Crippen molar-refractivity contribution in [3.05, 3.63) is 62.5 Å². The van der Waals surface area contributed by atoms with Crippen LogP contribution in [0.4, 0.5) is 0 Å². The summed E-state index contributed by atoms with van der Waals surface area (Å²) in [6.07, 6.45) is 1.72. The van der Waals surface area contributed by atoms with E-state index in [-0.39, 0.29) is 31.1 Å². The van der Waals surface area contributed by atoms with Crippen LogP contribution < -0.4 is 15.5 Å². The number of amides is 1. The quantitative estimate of drug-likeness (QED) is 0.365. The van der Waals surface area contributed by atoms with Crippen molar-refractivity contribution in [1.82, 2.24) is 9.88 Å². The summed E-state index contributed by atoms with van der Waals surface area (Å²) in [7, 11) is 2.82. The van der Waals surface area contributed by atoms with Gasteiger partial charge in [-0.05, 0) is 24.1 Å². The predicted octanol–water partition coefficient (Wildman–Crippen LogP) is 2.93. The average Bonchev–Trinajstić information content (AvgIpc) is 2.77. The molecule has 1 amide bonds. The molecule has 9 nitrogen and oxygen atoms in total. The Bertz CT molecular complexity index is 1000. The molecule has 0 radical (unpaired) electrons. The monoisotopic (exact) mass is 466 g/mol. The van der Waals surface area contributed by atoms with Crippen molar-refractivity contribution >= 4 is 23.5 Å². The van der Waals surface area contributed by atoms with Crippen LogP contribution in [0.3, 0.4) is 0 Å². The number of carboxylic acids is 1. The van der Waals surface area contributed by atoms with E-state index in [1.165, 1.54) is 18.8 Å². The van der Waals surface area contributed by atoms with Gasteiger partial charge in [0.1, 0.15) is 5.56 Å². The largest absolute Gasteiger partial charge is 0.487 e. The van der Waals surface area contributed by atoms with E-state index < -0.39 is 29.2 Å². The minimum absolute atomic E-state index is 0.0440. The second kappa shape index (κ2) is 12.2. The van der Waals surface area contributed by atoms with Gasteiger partial charge < -0.3 is 29.2 Å². The van der Waals surface area contributed by atoms with Gasteiger partial charge in [0, 0.05) is 32.0 Å². The summed E-state index contributed by atoms with van der Waals surface area (Å²) in [6.45, 7) is 2.19. The zero-order valence-electron chi connectivity index (χ0n) is 18.2. The molecule has 0 saturated carbocycles. The van der Waals surface area contributed by atoms with Crippen molar-refractivity contribution in [3.63, 3.8) is 0 Å². The number of hydrogen-bond donors (Lipinski definition) is 2. The molecule has 0 fully saturated rings. The first-order valence-corrected chi connectivity index (χ1v) is 10.4. The lowest BCUT2D eigenvalue weighted by Crippen LogP contribution is -2.34. The van der Waals surface area contributed by atoms with Gasteiger partial charge in [0.25, 0.3) is 5.91 Å². The van der Waals surface area contributed by atoms with Crippen molar-refractivity contribution in [2.75, 3.05) is 20.8 Å². The third kappa shape index (κ3) is 6.56. The third-order valence-corrected chi connectivity index (χ3v) is 4.88. The number of rotatable bonds is 12. The number of carbonyl (C=O) groups is 2. The van der Waals surface area contributed by atoms with Gasteiger partial charge in [-0.25, -0.2) is 4.79 Å². The van der Waals surface area contributed by atoms with E-state index in [2.05, 4.69) is 5.32 Å². The molecule has 0 aliphatic carbocycles. The van der Waals surface area contributed by atoms with Crippen molar-refractivity contribution < 1.29 is 28.9 Å². The van der Waals surface area contributed by atoms with Crippen LogP contribution in [0.5, 0.6) is 5.75 Å². The molecule has 1 aromatic carbocycles. The zero-order valence-corrected chi connectivity index (χ0v) is 19.0. The highest BCUT2D eigenvalue weighted by molar-refractivity contribution is 6.30. The van der Waals surface area contributed by atoms with Crippen LogP contribution in [0.25, 0.3) is 0 Å². The highest BCUT2D eigenvalue weighted by atomic mass is 35.5. The van der Waals surface area contributed by atoms with Gasteiger partial charge in [0.15, 0.2) is 17.7 Å². The lowest BCUT2D eigenvalue weighted by Gasteiger charge is -2.21. The summed E-state index contributed by atoms with van der Waals surface area (Å²) in [5, 5.41) is 12.7. The number of carboxylic acid groups (broad SMARTS) is 1. The second-order valence-corrected chi connectivity index (χ2v) is 7.36. The molecule has 0 saturated heterocycles. The first-order valence-electron chi connectivity index (χ1n) is 10.0. The van der Waals surface area contributed by atoms with Gasteiger partial charge in [0.05, 0.1) is 13.2 Å². The van der Waals surface area contributed by atoms with Gasteiger partial charge in [-0.1, -0.05) is 37.1 Å². The second-order valence-electron chi connectivity index (χ2n) is 6.92. The molecule has 10 heteroatoms. The maximum atomic E-state index is 13.2. The van der Waals surface area contributed by atoms with Gasteiger partial charge >= 0.3 is 5.97 Å². The lowest BCUT2D eigenvalue weighted by molar-refractivity contribution is -0.111. The number of pyridine rings is 1. The molecule has 0 spiro atoms. The van der Waals surface area contributed by atoms with Gasteiger partial charge in [-0.15, -0.1) is 0 Å². The number of unbranched alkanes of at least 4 members (excludes halogenated alkanes) is 1. The van der Waals surface area contributed by atoms with Gasteiger partial charge in [0.2, 0.25) is 5.43 Å². The summed E-state index contributed by atoms with van der Waals surface area (Å²) in [4.78, 5) is 37.7. The Morgan fingerprint density at radius 3 is 2.56 bits per heavy atom. The number of aromatic carboxylic acids is 1. The molecule has 2 aromatic rings. The lowest BCUT2D eigenvalue weighted by atomic mass is 10.1. The molecule has 174 valence electrons. The average molecular weight is 467 g/mol. The molecular weight excluding hydrogens is 440 g/mol. The van der Waals surface area contributed by atoms with Crippen LogP contribution in [-0.4, -0.2) is 48.7 Å². The molecule has 1 heterocycles. The molecule has 2 N–H and O–H groups in total. The number of nitrogens with zero attached hydrogens (tertiary/aromatic N) is 1. The molecule has 32 heavy (non-hydrogen) atoms. The standard InChI is InChI=1S/C22H27ClN2O7/c1-4-5-9-32-20-18(21(27)24-11-14-7-6-8-15(23)10-14)25(13-17(30-2)31-3)12-16(19(20)26)22(28)29/h6-8,10,12,17H,4-5,9,11,13H2,1-3H3,(H,24,27)(H,28,29). The van der Waals surface area contributed by atoms with Crippen LogP contribution in [0.15, 0.2) is 35.3 Å². The molecule has 0 bridgehead atoms. The normalized spacial score (nSPS) is 10.9. The fourth-order valence-corrected chi connectivity index (χ4v) is 3.15. The molecule has 0 atom stereocenters. The van der Waals surface area contributed by atoms with E-state index in [4.69, 9.17) is 25.8 Å². The SMILES string of the molecule is CCCCOc1c(C(=O)NCc2cccc(Cl)c2)n(CC(OC)OC)cc(C(=O)O)c1=O. The van der Waals surface area contributed by atoms with E-state index in [9.17, 15) is 19.5 Å². The number of carbonyl (C=O) groups excluding carboxylic acids is 1. The Labute approximate surface area is 190 Å². The van der Waals surface area contributed by atoms with Gasteiger partial charge in [-0.3, -0.25) is 9.59 Å². The number of halogens is 1. The first-order chi connectivity index (χ1) is 15.3. The van der Waals surface area contributed by atoms with Crippen LogP contribution in [0.1, 0.15) is 46.2 Å². The van der Waals surface area contributed by atoms with Crippen LogP contribution >= 0.6 is 11.6 Å². The maximum Gasteiger partial charge on any atom is 0.341 e. The Kier molecular flexibility index (Phi) is 9.70. The highest BCUT2D eigenvalue weighted by Gasteiger charge is 2.26. The minimum Gasteiger partial charge on any atom is -0.487 e. The summed E-state index contributed by atoms with van der Waals surface area (Å²) in [5.41, 5.74) is -0.753. The Hall–Kier alpha value is -2.88. The topological polar surface area (TPSA) is 116 Å². The minimum atomic E-state index is -1.43. The number of hydrogen-bond acceptors (Lipinski definition) is 6. The number of benzene rings is 1. The smallest absolute Gasteiger partial charge is 0.341 e. The summed E-state index contributed by atoms with van der Waals surface area (Å²) in [5.74, 6) is -2.37. The maximum absolute atomic E-state index is 13.2. The van der Waals surface area contributed by atoms with Crippen molar-refractivity contribution in [3.8, 4) is 5.75 Å². The summed E-state index contributed by atoms with van der Waals surface area (Å²) in [6, 6.07) is 6.96. The Morgan fingerprint density at radius 1 is 1.25 bits per heavy atom. The van der Waals surface area contributed by atoms with Crippen molar-refractivity contribution in [2.24, 2.45) is 0 Å². The third-order valence-electron chi connectivity index (χ3n) is 4.64. The summed E-state index contributed by atoms with van der Waals surface area (Å²) >= 11 is 5.99. The molecule has 2 rings (SSSR count). The molecule has 0 aliphatic heterocycles. The zero-order chi connectivity index (χ0) is 23.7. The van der Waals surface area contributed by atoms with Gasteiger partial charge in [-0.2, -0.15) is 0 Å². The molecule has 1 aromatic heterocycles. The molecule has 0 unspecified atom stereocenters. The highest BCUT2D eigenvalue weighted by Crippen LogP contribution is 2.19. The van der Waals surface area contributed by atoms with E-state index in [0.29, 0.717) is 11.4 Å². The fraction of sp³-hybridized carbons (Fsp3) is 0.409. The number of ether oxygens (including phenoxy) is 3. The van der Waals surface area contributed by atoms with Crippen LogP contribution in [0, 0.1) is 0 Å². The molecular formula is C22H27ClN2O7. The van der Waals surface area contributed by atoms with Crippen LogP contribution in [0.2, 0.25) is 5.02 Å². The first kappa shape index (κ1) is 25.4. The molecule has 0 aliphatic rings. The van der Waals surface area contributed by atoms with E-state index in [0.717, 1.165) is 18.2 Å². The predicted molar refractivity (Wildman–Crippen MR) is 118 cm³/mol. The number of methoxy groups -OCH3 is 2.